The summed E-state index contributed by atoms with van der Waals surface area (Å²) in [7, 11) is 1.64. The van der Waals surface area contributed by atoms with Crippen LogP contribution in [-0.4, -0.2) is 36.2 Å². The Hall–Kier alpha value is -1.60. The van der Waals surface area contributed by atoms with E-state index in [1.54, 1.807) is 19.5 Å². The highest BCUT2D eigenvalue weighted by atomic mass is 16.5. The zero-order valence-corrected chi connectivity index (χ0v) is 8.66. The first-order chi connectivity index (χ1) is 7.36. The minimum atomic E-state index is 0.451. The zero-order valence-electron chi connectivity index (χ0n) is 8.66. The molecule has 84 valence electrons. The van der Waals surface area contributed by atoms with E-state index in [4.69, 9.17) is 10.6 Å². The lowest BCUT2D eigenvalue weighted by molar-refractivity contribution is 0.203. The van der Waals surface area contributed by atoms with Crippen molar-refractivity contribution >= 4 is 5.96 Å². The van der Waals surface area contributed by atoms with Crippen LogP contribution in [0.25, 0.3) is 0 Å². The smallest absolute Gasteiger partial charge is 0.206 e. The predicted molar refractivity (Wildman–Crippen MR) is 56.9 cm³/mol. The van der Waals surface area contributed by atoms with Gasteiger partial charge in [-0.15, -0.1) is 0 Å². The zero-order chi connectivity index (χ0) is 10.9. The number of aromatic nitrogens is 2. The van der Waals surface area contributed by atoms with E-state index in [9.17, 15) is 0 Å². The van der Waals surface area contributed by atoms with E-state index < -0.39 is 0 Å². The van der Waals surface area contributed by atoms with E-state index in [-0.39, 0.29) is 0 Å². The van der Waals surface area contributed by atoms with Crippen molar-refractivity contribution in [3.8, 4) is 0 Å². The molecule has 5 N–H and O–H groups in total. The summed E-state index contributed by atoms with van der Waals surface area (Å²) in [5.74, 6) is 6.59. The van der Waals surface area contributed by atoms with Crippen molar-refractivity contribution < 1.29 is 4.74 Å². The van der Waals surface area contributed by atoms with Gasteiger partial charge in [0.1, 0.15) is 12.4 Å². The Morgan fingerprint density at radius 1 is 1.73 bits per heavy atom. The van der Waals surface area contributed by atoms with Crippen LogP contribution < -0.4 is 16.6 Å². The normalized spacial score (nSPS) is 11.5. The van der Waals surface area contributed by atoms with Gasteiger partial charge in [0.25, 0.3) is 0 Å². The highest BCUT2D eigenvalue weighted by Gasteiger charge is 1.96. The highest BCUT2D eigenvalue weighted by Crippen LogP contribution is 1.90. The van der Waals surface area contributed by atoms with Crippen LogP contribution in [0.5, 0.6) is 0 Å². The number of guanidine groups is 1. The molecule has 7 heteroatoms. The second-order valence-corrected chi connectivity index (χ2v) is 2.76. The van der Waals surface area contributed by atoms with Gasteiger partial charge >= 0.3 is 0 Å². The maximum atomic E-state index is 5.28. The molecule has 0 radical (unpaired) electrons. The molecule has 1 aromatic rings. The van der Waals surface area contributed by atoms with Gasteiger partial charge in [0.15, 0.2) is 0 Å². The fourth-order valence-electron chi connectivity index (χ4n) is 0.962. The number of imidazole rings is 1. The predicted octanol–water partition coefficient (Wildman–Crippen LogP) is -1.03. The first-order valence-corrected chi connectivity index (χ1v) is 4.59. The number of ether oxygens (including phenoxy) is 1. The number of methoxy groups -OCH3 is 1. The second kappa shape index (κ2) is 6.80. The van der Waals surface area contributed by atoms with E-state index in [0.29, 0.717) is 25.7 Å². The number of nitrogens with two attached hydrogens (primary N) is 1. The number of hydrogen-bond donors (Lipinski definition) is 4. The summed E-state index contributed by atoms with van der Waals surface area (Å²) in [5.41, 5.74) is 2.47. The molecule has 0 bridgehead atoms. The molecule has 15 heavy (non-hydrogen) atoms. The minimum Gasteiger partial charge on any atom is -0.383 e. The molecule has 0 aliphatic heterocycles. The molecule has 1 aromatic heterocycles. The van der Waals surface area contributed by atoms with Crippen LogP contribution in [0.15, 0.2) is 17.4 Å². The van der Waals surface area contributed by atoms with Crippen molar-refractivity contribution in [2.24, 2.45) is 10.8 Å². The van der Waals surface area contributed by atoms with Crippen LogP contribution in [0.2, 0.25) is 0 Å². The first-order valence-electron chi connectivity index (χ1n) is 4.59. The molecular formula is C8H16N6O. The molecule has 0 amide bonds. The Balaban J connectivity index is 2.33. The Morgan fingerprint density at radius 2 is 2.60 bits per heavy atom. The summed E-state index contributed by atoms with van der Waals surface area (Å²) in [6, 6.07) is 0. The van der Waals surface area contributed by atoms with Crippen LogP contribution in [0.3, 0.4) is 0 Å². The van der Waals surface area contributed by atoms with Gasteiger partial charge in [0, 0.05) is 26.0 Å². The molecule has 0 aromatic carbocycles. The van der Waals surface area contributed by atoms with Gasteiger partial charge in [0.05, 0.1) is 6.61 Å². The fraction of sp³-hybridized carbons (Fsp3) is 0.500. The van der Waals surface area contributed by atoms with Crippen LogP contribution in [0, 0.1) is 0 Å². The Kier molecular flexibility index (Phi) is 5.20. The fourth-order valence-corrected chi connectivity index (χ4v) is 0.962. The van der Waals surface area contributed by atoms with E-state index in [2.05, 4.69) is 25.7 Å². The lowest BCUT2D eigenvalue weighted by atomic mass is 10.6. The Bertz CT molecular complexity index is 283. The lowest BCUT2D eigenvalue weighted by Gasteiger charge is -2.07. The van der Waals surface area contributed by atoms with Crippen molar-refractivity contribution in [1.82, 2.24) is 20.7 Å². The molecule has 0 saturated carbocycles. The summed E-state index contributed by atoms with van der Waals surface area (Å²) < 4.78 is 4.88. The number of H-pyrrole nitrogens is 1. The third-order valence-corrected chi connectivity index (χ3v) is 1.68. The molecular weight excluding hydrogens is 196 g/mol. The third kappa shape index (κ3) is 4.43. The van der Waals surface area contributed by atoms with E-state index in [1.807, 2.05) is 0 Å². The van der Waals surface area contributed by atoms with Crippen molar-refractivity contribution in [2.45, 2.75) is 6.54 Å². The summed E-state index contributed by atoms with van der Waals surface area (Å²) in [6.07, 6.45) is 3.43. The van der Waals surface area contributed by atoms with Gasteiger partial charge in [-0.2, -0.15) is 0 Å². The first kappa shape index (κ1) is 11.5. The summed E-state index contributed by atoms with van der Waals surface area (Å²) in [5, 5.41) is 2.98. The van der Waals surface area contributed by atoms with Gasteiger partial charge in [-0.05, 0) is 0 Å². The summed E-state index contributed by atoms with van der Waals surface area (Å²) >= 11 is 0. The Morgan fingerprint density at radius 3 is 3.20 bits per heavy atom. The monoisotopic (exact) mass is 212 g/mol. The van der Waals surface area contributed by atoms with Crippen molar-refractivity contribution in [2.75, 3.05) is 20.3 Å². The van der Waals surface area contributed by atoms with E-state index in [0.717, 1.165) is 5.82 Å². The Labute approximate surface area is 88.1 Å². The molecule has 0 aliphatic carbocycles. The summed E-state index contributed by atoms with van der Waals surface area (Å²) in [4.78, 5) is 11.2. The quantitative estimate of drug-likeness (QED) is 0.164. The van der Waals surface area contributed by atoms with Gasteiger partial charge in [-0.3, -0.25) is 5.43 Å². The van der Waals surface area contributed by atoms with E-state index in [1.165, 1.54) is 0 Å². The molecule has 0 aliphatic rings. The number of nitrogens with zero attached hydrogens (tertiary/aromatic N) is 2. The van der Waals surface area contributed by atoms with Gasteiger partial charge < -0.3 is 15.0 Å². The number of hydrazine groups is 1. The van der Waals surface area contributed by atoms with Crippen LogP contribution >= 0.6 is 0 Å². The lowest BCUT2D eigenvalue weighted by Crippen LogP contribution is -2.42. The van der Waals surface area contributed by atoms with Crippen LogP contribution in [-0.2, 0) is 11.3 Å². The number of aliphatic imine (C=N–C) groups is 1. The largest absolute Gasteiger partial charge is 0.383 e. The minimum absolute atomic E-state index is 0.451. The summed E-state index contributed by atoms with van der Waals surface area (Å²) in [6.45, 7) is 1.70. The molecule has 0 spiro atoms. The molecule has 7 nitrogen and oxygen atoms in total. The average molecular weight is 212 g/mol. The van der Waals surface area contributed by atoms with E-state index >= 15 is 0 Å². The maximum Gasteiger partial charge on any atom is 0.206 e. The van der Waals surface area contributed by atoms with Crippen LogP contribution in [0.1, 0.15) is 5.82 Å². The SMILES string of the molecule is COCCNC(=NCc1ncc[nH]1)NN. The maximum absolute atomic E-state index is 5.28. The number of nitrogens with one attached hydrogen (secondary N) is 3. The number of aromatic amines is 1. The van der Waals surface area contributed by atoms with Gasteiger partial charge in [-0.1, -0.05) is 0 Å². The number of hydrogen-bond acceptors (Lipinski definition) is 4. The van der Waals surface area contributed by atoms with Crippen molar-refractivity contribution in [3.05, 3.63) is 18.2 Å². The molecule has 0 saturated heterocycles. The third-order valence-electron chi connectivity index (χ3n) is 1.68. The highest BCUT2D eigenvalue weighted by molar-refractivity contribution is 5.79. The van der Waals surface area contributed by atoms with Gasteiger partial charge in [-0.25, -0.2) is 15.8 Å². The molecule has 0 fully saturated rings. The standard InChI is InChI=1S/C8H16N6O/c1-15-5-4-12-8(14-9)13-6-7-10-2-3-11-7/h2-3H,4-6,9H2,1H3,(H,10,11)(H2,12,13,14). The average Bonchev–Trinajstić information content (AvgIpc) is 2.76. The van der Waals surface area contributed by atoms with Crippen LogP contribution in [0.4, 0.5) is 0 Å². The topological polar surface area (TPSA) is 100 Å². The molecule has 1 rings (SSSR count). The second-order valence-electron chi connectivity index (χ2n) is 2.76. The molecule has 0 atom stereocenters. The van der Waals surface area contributed by atoms with Crippen molar-refractivity contribution in [1.29, 1.82) is 0 Å². The van der Waals surface area contributed by atoms with Gasteiger partial charge in [0.2, 0.25) is 5.96 Å². The number of rotatable bonds is 5. The molecule has 1 heterocycles. The molecule has 0 unspecified atom stereocenters. The van der Waals surface area contributed by atoms with Crippen molar-refractivity contribution in [3.63, 3.8) is 0 Å².